The minimum Gasteiger partial charge on any atom is -0.302 e. The maximum absolute atomic E-state index is 10.5. The fourth-order valence-electron chi connectivity index (χ4n) is 0.161. The van der Waals surface area contributed by atoms with Crippen molar-refractivity contribution in [2.75, 3.05) is 9.23 Å². The Balaban J connectivity index is 3.58. The van der Waals surface area contributed by atoms with E-state index >= 15 is 0 Å². The third-order valence-corrected chi connectivity index (χ3v) is 2.94. The molecule has 0 amide bonds. The van der Waals surface area contributed by atoms with Crippen molar-refractivity contribution in [1.82, 2.24) is 0 Å². The van der Waals surface area contributed by atoms with E-state index in [1.54, 1.807) is 0 Å². The highest BCUT2D eigenvalue weighted by atomic mass is 127. The quantitative estimate of drug-likeness (QED) is 0.462. The van der Waals surface area contributed by atoms with Crippen LogP contribution in [0.2, 0.25) is 0 Å². The number of phosphoric acid groups is 1. The molecule has 0 saturated carbocycles. The first-order valence-corrected chi connectivity index (χ1v) is 6.41. The molecular weight excluding hydrogens is 373 g/mol. The average Bonchev–Trinajstić information content (AvgIpc) is 1.64. The van der Waals surface area contributed by atoms with Crippen molar-refractivity contribution >= 4 is 53.0 Å². The van der Waals surface area contributed by atoms with Crippen molar-refractivity contribution in [3.63, 3.8) is 0 Å². The summed E-state index contributed by atoms with van der Waals surface area (Å²) in [4.78, 5) is 8.62. The maximum Gasteiger partial charge on any atom is 0.473 e. The Bertz CT molecular complexity index is 107. The minimum absolute atomic E-state index is 0.155. The molecule has 0 aromatic rings. The van der Waals surface area contributed by atoms with Gasteiger partial charge in [0.15, 0.2) is 0 Å². The summed E-state index contributed by atoms with van der Waals surface area (Å²) in [6.07, 6.45) is 0. The molecule has 0 spiro atoms. The average molecular weight is 378 g/mol. The van der Waals surface area contributed by atoms with Crippen molar-refractivity contribution in [2.45, 2.75) is 0 Å². The minimum atomic E-state index is -3.71. The molecule has 0 radical (unpaired) electrons. The first-order valence-electron chi connectivity index (χ1n) is 1.86. The Hall–Kier alpha value is 1.57. The molecule has 4 nitrogen and oxygen atoms in total. The van der Waals surface area contributed by atoms with Crippen LogP contribution in [0.4, 0.5) is 0 Å². The van der Waals surface area contributed by atoms with Crippen LogP contribution in [0, 0.1) is 0 Å². The molecule has 9 heavy (non-hydrogen) atoms. The zero-order valence-corrected chi connectivity index (χ0v) is 9.50. The van der Waals surface area contributed by atoms with Gasteiger partial charge in [-0.2, -0.15) is 0 Å². The highest BCUT2D eigenvalue weighted by Gasteiger charge is 2.18. The molecule has 1 N–H and O–H groups in total. The number of hydrogen-bond acceptors (Lipinski definition) is 3. The van der Waals surface area contributed by atoms with Crippen LogP contribution in [0.15, 0.2) is 0 Å². The smallest absolute Gasteiger partial charge is 0.302 e. The van der Waals surface area contributed by atoms with Gasteiger partial charge in [-0.1, -0.05) is 45.2 Å². The van der Waals surface area contributed by atoms with Gasteiger partial charge in [-0.25, -0.2) is 4.57 Å². The van der Waals surface area contributed by atoms with E-state index in [0.717, 1.165) is 0 Å². The summed E-state index contributed by atoms with van der Waals surface area (Å²) in [6.45, 7) is 0. The lowest BCUT2D eigenvalue weighted by Gasteiger charge is -2.06. The second-order valence-electron chi connectivity index (χ2n) is 0.945. The number of alkyl halides is 2. The Labute approximate surface area is 80.2 Å². The molecule has 0 unspecified atom stereocenters. The van der Waals surface area contributed by atoms with Crippen LogP contribution in [0.25, 0.3) is 0 Å². The van der Waals surface area contributed by atoms with E-state index in [0.29, 0.717) is 0 Å². The van der Waals surface area contributed by atoms with Crippen LogP contribution in [-0.4, -0.2) is 14.1 Å². The summed E-state index contributed by atoms with van der Waals surface area (Å²) in [5.41, 5.74) is 0. The van der Waals surface area contributed by atoms with Crippen LogP contribution in [0.5, 0.6) is 0 Å². The normalized spacial score (nSPS) is 11.9. The first kappa shape index (κ1) is 10.6. The summed E-state index contributed by atoms with van der Waals surface area (Å²) in [6, 6.07) is 0. The van der Waals surface area contributed by atoms with Gasteiger partial charge in [0.25, 0.3) is 0 Å². The van der Waals surface area contributed by atoms with Crippen LogP contribution in [0.3, 0.4) is 0 Å². The van der Waals surface area contributed by atoms with Crippen LogP contribution < -0.4 is 0 Å². The van der Waals surface area contributed by atoms with Crippen LogP contribution in [0.1, 0.15) is 0 Å². The topological polar surface area (TPSA) is 55.8 Å². The van der Waals surface area contributed by atoms with Crippen molar-refractivity contribution in [1.29, 1.82) is 0 Å². The molecule has 0 aromatic heterocycles. The molecule has 7 heteroatoms. The molecule has 0 bridgehead atoms. The Morgan fingerprint density at radius 3 is 1.89 bits per heavy atom. The van der Waals surface area contributed by atoms with Gasteiger partial charge in [0.05, 0.1) is 0 Å². The van der Waals surface area contributed by atoms with E-state index in [9.17, 15) is 4.57 Å². The van der Waals surface area contributed by atoms with Gasteiger partial charge in [0.1, 0.15) is 9.23 Å². The van der Waals surface area contributed by atoms with Gasteiger partial charge in [-0.3, -0.25) is 9.05 Å². The molecular formula is C2H5I2O4P. The van der Waals surface area contributed by atoms with Crippen LogP contribution in [-0.2, 0) is 13.6 Å². The predicted octanol–water partition coefficient (Wildman–Crippen LogP) is 1.90. The summed E-state index contributed by atoms with van der Waals surface area (Å²) >= 11 is 3.63. The largest absolute Gasteiger partial charge is 0.473 e. The number of halogens is 2. The van der Waals surface area contributed by atoms with Gasteiger partial charge >= 0.3 is 7.82 Å². The Morgan fingerprint density at radius 1 is 1.33 bits per heavy atom. The van der Waals surface area contributed by atoms with Crippen molar-refractivity contribution in [3.05, 3.63) is 0 Å². The molecule has 0 rings (SSSR count). The Morgan fingerprint density at radius 2 is 1.67 bits per heavy atom. The number of phosphoric ester groups is 1. The molecule has 0 aromatic carbocycles. The lowest BCUT2D eigenvalue weighted by Crippen LogP contribution is -1.90. The standard InChI is InChI=1S/C2H5I2O4P/c3-1-7-9(5,6)8-2-4/h1-2H2,(H,5,6). The van der Waals surface area contributed by atoms with Gasteiger partial charge in [0, 0.05) is 0 Å². The summed E-state index contributed by atoms with van der Waals surface area (Å²) in [7, 11) is -3.71. The molecule has 0 saturated heterocycles. The zero-order valence-electron chi connectivity index (χ0n) is 4.29. The third-order valence-electron chi connectivity index (χ3n) is 0.424. The molecule has 0 heterocycles. The maximum atomic E-state index is 10.5. The van der Waals surface area contributed by atoms with Crippen LogP contribution >= 0.6 is 53.0 Å². The molecule has 0 fully saturated rings. The van der Waals surface area contributed by atoms with Gasteiger partial charge in [0.2, 0.25) is 0 Å². The second-order valence-corrected chi connectivity index (χ2v) is 3.64. The van der Waals surface area contributed by atoms with Gasteiger partial charge in [-0.15, -0.1) is 0 Å². The van der Waals surface area contributed by atoms with Gasteiger partial charge < -0.3 is 4.89 Å². The summed E-state index contributed by atoms with van der Waals surface area (Å²) < 4.78 is 19.5. The molecule has 56 valence electrons. The lowest BCUT2D eigenvalue weighted by atomic mass is 11.8. The fraction of sp³-hybridized carbons (Fsp3) is 1.00. The fourth-order valence-corrected chi connectivity index (χ4v) is 2.59. The monoisotopic (exact) mass is 378 g/mol. The third kappa shape index (κ3) is 5.99. The number of rotatable bonds is 4. The molecule has 0 aliphatic carbocycles. The second kappa shape index (κ2) is 5.25. The molecule has 0 aliphatic heterocycles. The summed E-state index contributed by atoms with van der Waals surface area (Å²) in [5, 5.41) is 0. The first-order chi connectivity index (χ1) is 4.12. The van der Waals surface area contributed by atoms with E-state index in [-0.39, 0.29) is 9.23 Å². The van der Waals surface area contributed by atoms with Crippen molar-refractivity contribution in [3.8, 4) is 0 Å². The lowest BCUT2D eigenvalue weighted by molar-refractivity contribution is 0.198. The van der Waals surface area contributed by atoms with E-state index in [1.807, 2.05) is 45.2 Å². The molecule has 0 atom stereocenters. The SMILES string of the molecule is O=P(O)(OCI)OCI. The highest BCUT2D eigenvalue weighted by Crippen LogP contribution is 2.43. The zero-order chi connectivity index (χ0) is 7.33. The summed E-state index contributed by atoms with van der Waals surface area (Å²) in [5.74, 6) is 0. The van der Waals surface area contributed by atoms with E-state index in [2.05, 4.69) is 9.05 Å². The highest BCUT2D eigenvalue weighted by molar-refractivity contribution is 14.1. The van der Waals surface area contributed by atoms with E-state index < -0.39 is 7.82 Å². The van der Waals surface area contributed by atoms with Crippen molar-refractivity contribution in [2.24, 2.45) is 0 Å². The van der Waals surface area contributed by atoms with E-state index in [1.165, 1.54) is 0 Å². The number of hydrogen-bond donors (Lipinski definition) is 1. The Kier molecular flexibility index (Phi) is 6.17. The van der Waals surface area contributed by atoms with E-state index in [4.69, 9.17) is 4.89 Å². The molecule has 0 aliphatic rings. The predicted molar refractivity (Wildman–Crippen MR) is 49.8 cm³/mol. The van der Waals surface area contributed by atoms with Gasteiger partial charge in [-0.05, 0) is 0 Å². The van der Waals surface area contributed by atoms with Crippen molar-refractivity contribution < 1.29 is 18.5 Å².